The van der Waals surface area contributed by atoms with Crippen LogP contribution in [0.5, 0.6) is 0 Å². The Labute approximate surface area is 137 Å². The van der Waals surface area contributed by atoms with E-state index in [4.69, 9.17) is 11.6 Å². The predicted octanol–water partition coefficient (Wildman–Crippen LogP) is 3.96. The summed E-state index contributed by atoms with van der Waals surface area (Å²) >= 11 is 7.47. The van der Waals surface area contributed by atoms with Gasteiger partial charge in [-0.1, -0.05) is 23.7 Å². The van der Waals surface area contributed by atoms with E-state index in [1.165, 1.54) is 11.3 Å². The zero-order valence-corrected chi connectivity index (χ0v) is 13.5. The van der Waals surface area contributed by atoms with Crippen molar-refractivity contribution in [1.29, 1.82) is 0 Å². The molecule has 22 heavy (non-hydrogen) atoms. The third kappa shape index (κ3) is 2.65. The number of amides is 1. The first-order valence-electron chi connectivity index (χ1n) is 6.74. The van der Waals surface area contributed by atoms with Crippen LogP contribution in [0.2, 0.25) is 5.02 Å². The van der Waals surface area contributed by atoms with E-state index in [1.54, 1.807) is 6.08 Å². The van der Waals surface area contributed by atoms with Crippen molar-refractivity contribution in [2.75, 3.05) is 6.54 Å². The molecule has 0 bridgehead atoms. The smallest absolute Gasteiger partial charge is 0.261 e. The Balaban J connectivity index is 2.07. The van der Waals surface area contributed by atoms with Gasteiger partial charge in [0.25, 0.3) is 5.91 Å². The summed E-state index contributed by atoms with van der Waals surface area (Å²) in [6, 6.07) is 9.37. The lowest BCUT2D eigenvalue weighted by atomic mass is 10.3. The standard InChI is InChI=1S/C16H14ClN3OS/c1-3-7-18-15(21)14-9-13-10(2)19-20(16(13)22-14)12-6-4-5-11(17)8-12/h3-6,8-9H,1,7H2,2H3,(H,18,21). The van der Waals surface area contributed by atoms with Crippen LogP contribution < -0.4 is 5.32 Å². The topological polar surface area (TPSA) is 46.9 Å². The number of hydrogen-bond acceptors (Lipinski definition) is 3. The number of thiophene rings is 1. The van der Waals surface area contributed by atoms with Crippen LogP contribution in [0.1, 0.15) is 15.4 Å². The minimum Gasteiger partial charge on any atom is -0.348 e. The van der Waals surface area contributed by atoms with Gasteiger partial charge in [0.1, 0.15) is 4.83 Å². The van der Waals surface area contributed by atoms with Crippen LogP contribution in [-0.4, -0.2) is 22.2 Å². The molecule has 4 nitrogen and oxygen atoms in total. The summed E-state index contributed by atoms with van der Waals surface area (Å²) in [4.78, 5) is 13.7. The number of carbonyl (C=O) groups is 1. The molecule has 1 amide bonds. The molecule has 0 fully saturated rings. The second-order valence-corrected chi connectivity index (χ2v) is 6.27. The van der Waals surface area contributed by atoms with Crippen molar-refractivity contribution in [3.63, 3.8) is 0 Å². The van der Waals surface area contributed by atoms with Gasteiger partial charge in [0.2, 0.25) is 0 Å². The first kappa shape index (κ1) is 14.8. The molecule has 0 spiro atoms. The lowest BCUT2D eigenvalue weighted by molar-refractivity contribution is 0.0962. The zero-order valence-electron chi connectivity index (χ0n) is 12.0. The Morgan fingerprint density at radius 1 is 1.50 bits per heavy atom. The predicted molar refractivity (Wildman–Crippen MR) is 91.2 cm³/mol. The Bertz CT molecular complexity index is 866. The molecule has 6 heteroatoms. The molecule has 0 unspecified atom stereocenters. The summed E-state index contributed by atoms with van der Waals surface area (Å²) in [5.74, 6) is -0.0989. The van der Waals surface area contributed by atoms with Gasteiger partial charge in [0, 0.05) is 17.0 Å². The molecule has 3 rings (SSSR count). The van der Waals surface area contributed by atoms with E-state index in [1.807, 2.05) is 41.9 Å². The Morgan fingerprint density at radius 2 is 2.32 bits per heavy atom. The molecule has 2 aromatic heterocycles. The van der Waals surface area contributed by atoms with Gasteiger partial charge in [-0.2, -0.15) is 5.10 Å². The molecule has 0 atom stereocenters. The molecule has 2 heterocycles. The monoisotopic (exact) mass is 331 g/mol. The second kappa shape index (κ2) is 5.94. The average Bonchev–Trinajstić information content (AvgIpc) is 3.06. The average molecular weight is 332 g/mol. The normalized spacial score (nSPS) is 10.8. The van der Waals surface area contributed by atoms with Crippen LogP contribution >= 0.6 is 22.9 Å². The van der Waals surface area contributed by atoms with Gasteiger partial charge in [-0.15, -0.1) is 17.9 Å². The molecular formula is C16H14ClN3OS. The highest BCUT2D eigenvalue weighted by molar-refractivity contribution is 7.20. The molecule has 0 aliphatic rings. The number of benzene rings is 1. The largest absolute Gasteiger partial charge is 0.348 e. The van der Waals surface area contributed by atoms with Crippen molar-refractivity contribution in [3.8, 4) is 5.69 Å². The number of aromatic nitrogens is 2. The molecule has 0 aliphatic carbocycles. The highest BCUT2D eigenvalue weighted by Crippen LogP contribution is 2.30. The van der Waals surface area contributed by atoms with Crippen LogP contribution in [0.15, 0.2) is 43.0 Å². The lowest BCUT2D eigenvalue weighted by Gasteiger charge is -2.02. The van der Waals surface area contributed by atoms with Crippen LogP contribution in [0, 0.1) is 6.92 Å². The van der Waals surface area contributed by atoms with Gasteiger partial charge in [0.05, 0.1) is 16.3 Å². The van der Waals surface area contributed by atoms with Crippen molar-refractivity contribution in [1.82, 2.24) is 15.1 Å². The maximum Gasteiger partial charge on any atom is 0.261 e. The van der Waals surface area contributed by atoms with Crippen LogP contribution in [0.4, 0.5) is 0 Å². The molecule has 112 valence electrons. The van der Waals surface area contributed by atoms with Crippen molar-refractivity contribution in [2.45, 2.75) is 6.92 Å². The maximum absolute atomic E-state index is 12.1. The van der Waals surface area contributed by atoms with E-state index >= 15 is 0 Å². The van der Waals surface area contributed by atoms with Crippen LogP contribution in [0.25, 0.3) is 15.9 Å². The fourth-order valence-electron chi connectivity index (χ4n) is 2.19. The third-order valence-electron chi connectivity index (χ3n) is 3.23. The number of nitrogens with one attached hydrogen (secondary N) is 1. The number of carbonyl (C=O) groups excluding carboxylic acids is 1. The molecule has 0 saturated carbocycles. The SMILES string of the molecule is C=CCNC(=O)c1cc2c(C)nn(-c3cccc(Cl)c3)c2s1. The molecule has 0 saturated heterocycles. The van der Waals surface area contributed by atoms with Gasteiger partial charge < -0.3 is 5.32 Å². The van der Waals surface area contributed by atoms with E-state index in [-0.39, 0.29) is 5.91 Å². The number of aryl methyl sites for hydroxylation is 1. The Hall–Kier alpha value is -2.11. The molecule has 0 radical (unpaired) electrons. The van der Waals surface area contributed by atoms with E-state index in [9.17, 15) is 4.79 Å². The van der Waals surface area contributed by atoms with Crippen molar-refractivity contribution >= 4 is 39.1 Å². The minimum atomic E-state index is -0.0989. The highest BCUT2D eigenvalue weighted by Gasteiger charge is 2.16. The molecule has 1 aromatic carbocycles. The number of halogens is 1. The highest BCUT2D eigenvalue weighted by atomic mass is 35.5. The second-order valence-electron chi connectivity index (χ2n) is 4.81. The fourth-order valence-corrected chi connectivity index (χ4v) is 3.48. The number of nitrogens with zero attached hydrogens (tertiary/aromatic N) is 2. The summed E-state index contributed by atoms with van der Waals surface area (Å²) < 4.78 is 1.82. The van der Waals surface area contributed by atoms with Gasteiger partial charge in [-0.3, -0.25) is 4.79 Å². The van der Waals surface area contributed by atoms with Gasteiger partial charge >= 0.3 is 0 Å². The molecule has 0 aliphatic heterocycles. The first-order valence-corrected chi connectivity index (χ1v) is 7.94. The summed E-state index contributed by atoms with van der Waals surface area (Å²) in [6.07, 6.45) is 1.66. The van der Waals surface area contributed by atoms with E-state index in [0.717, 1.165) is 21.6 Å². The van der Waals surface area contributed by atoms with Crippen molar-refractivity contribution < 1.29 is 4.79 Å². The minimum absolute atomic E-state index is 0.0989. The first-order chi connectivity index (χ1) is 10.6. The number of hydrogen-bond donors (Lipinski definition) is 1. The van der Waals surface area contributed by atoms with E-state index < -0.39 is 0 Å². The fraction of sp³-hybridized carbons (Fsp3) is 0.125. The molecular weight excluding hydrogens is 318 g/mol. The third-order valence-corrected chi connectivity index (χ3v) is 4.57. The van der Waals surface area contributed by atoms with Gasteiger partial charge in [-0.25, -0.2) is 4.68 Å². The van der Waals surface area contributed by atoms with Crippen LogP contribution in [0.3, 0.4) is 0 Å². The summed E-state index contributed by atoms with van der Waals surface area (Å²) in [7, 11) is 0. The molecule has 3 aromatic rings. The van der Waals surface area contributed by atoms with Crippen molar-refractivity contribution in [3.05, 3.63) is 58.6 Å². The molecule has 1 N–H and O–H groups in total. The maximum atomic E-state index is 12.1. The van der Waals surface area contributed by atoms with Gasteiger partial charge in [0.15, 0.2) is 0 Å². The summed E-state index contributed by atoms with van der Waals surface area (Å²) in [6.45, 7) is 5.98. The summed E-state index contributed by atoms with van der Waals surface area (Å²) in [5, 5.41) is 8.97. The lowest BCUT2D eigenvalue weighted by Crippen LogP contribution is -2.22. The quantitative estimate of drug-likeness (QED) is 0.735. The van der Waals surface area contributed by atoms with Gasteiger partial charge in [-0.05, 0) is 31.2 Å². The zero-order chi connectivity index (χ0) is 15.7. The Kier molecular flexibility index (Phi) is 4.00. The van der Waals surface area contributed by atoms with E-state index in [0.29, 0.717) is 16.4 Å². The number of fused-ring (bicyclic) bond motifs is 1. The number of rotatable bonds is 4. The van der Waals surface area contributed by atoms with Crippen LogP contribution in [-0.2, 0) is 0 Å². The summed E-state index contributed by atoms with van der Waals surface area (Å²) in [5.41, 5.74) is 1.76. The van der Waals surface area contributed by atoms with E-state index in [2.05, 4.69) is 17.0 Å². The van der Waals surface area contributed by atoms with Crippen molar-refractivity contribution in [2.24, 2.45) is 0 Å². The Morgan fingerprint density at radius 3 is 3.05 bits per heavy atom.